The number of rotatable bonds is 7. The zero-order valence-electron chi connectivity index (χ0n) is 12.9. The van der Waals surface area contributed by atoms with E-state index in [9.17, 15) is 4.79 Å². The molecule has 0 radical (unpaired) electrons. The maximum absolute atomic E-state index is 12.0. The van der Waals surface area contributed by atoms with Crippen molar-refractivity contribution in [3.05, 3.63) is 45.4 Å². The molecule has 0 aliphatic heterocycles. The van der Waals surface area contributed by atoms with Crippen LogP contribution >= 0.6 is 22.9 Å². The number of aromatic nitrogens is 1. The van der Waals surface area contributed by atoms with E-state index in [1.54, 1.807) is 12.1 Å². The molecule has 6 heteroatoms. The van der Waals surface area contributed by atoms with Crippen molar-refractivity contribution in [3.63, 3.8) is 0 Å². The Balaban J connectivity index is 1.47. The predicted molar refractivity (Wildman–Crippen MR) is 91.9 cm³/mol. The zero-order chi connectivity index (χ0) is 16.2. The van der Waals surface area contributed by atoms with Gasteiger partial charge in [0, 0.05) is 16.4 Å². The summed E-state index contributed by atoms with van der Waals surface area (Å²) in [6.45, 7) is 2.47. The van der Waals surface area contributed by atoms with Crippen LogP contribution in [0.3, 0.4) is 0 Å². The van der Waals surface area contributed by atoms with E-state index in [0.29, 0.717) is 24.0 Å². The molecule has 1 aromatic carbocycles. The number of halogens is 1. The molecule has 122 valence electrons. The molecule has 0 saturated heterocycles. The Morgan fingerprint density at radius 3 is 2.87 bits per heavy atom. The summed E-state index contributed by atoms with van der Waals surface area (Å²) < 4.78 is 5.66. The Morgan fingerprint density at radius 2 is 2.17 bits per heavy atom. The smallest absolute Gasteiger partial charge is 0.226 e. The number of nitrogens with one attached hydrogen (secondary N) is 1. The zero-order valence-corrected chi connectivity index (χ0v) is 14.5. The van der Waals surface area contributed by atoms with E-state index in [4.69, 9.17) is 16.3 Å². The van der Waals surface area contributed by atoms with Crippen LogP contribution in [0.1, 0.15) is 30.5 Å². The van der Waals surface area contributed by atoms with Crippen LogP contribution in [-0.4, -0.2) is 16.9 Å². The van der Waals surface area contributed by atoms with Gasteiger partial charge in [0.05, 0.1) is 12.1 Å². The standard InChI is InChI=1S/C17H19ClN2O2S/c1-11(12-2-3-12)19-16(21)8-14-10-23-17(20-14)9-22-15-6-4-13(18)5-7-15/h4-7,10-12H,2-3,8-9H2,1H3,(H,19,21). The summed E-state index contributed by atoms with van der Waals surface area (Å²) in [6.07, 6.45) is 2.78. The third kappa shape index (κ3) is 4.94. The fourth-order valence-corrected chi connectivity index (χ4v) is 3.19. The molecule has 1 N–H and O–H groups in total. The third-order valence-electron chi connectivity index (χ3n) is 3.83. The molecule has 23 heavy (non-hydrogen) atoms. The van der Waals surface area contributed by atoms with Crippen molar-refractivity contribution >= 4 is 28.8 Å². The molecule has 3 rings (SSSR count). The summed E-state index contributed by atoms with van der Waals surface area (Å²) in [6, 6.07) is 7.49. The molecule has 2 aromatic rings. The van der Waals surface area contributed by atoms with Crippen molar-refractivity contribution < 1.29 is 9.53 Å². The van der Waals surface area contributed by atoms with Crippen molar-refractivity contribution in [2.75, 3.05) is 0 Å². The summed E-state index contributed by atoms with van der Waals surface area (Å²) in [5.41, 5.74) is 0.796. The van der Waals surface area contributed by atoms with Crippen LogP contribution in [0.4, 0.5) is 0 Å². The van der Waals surface area contributed by atoms with Gasteiger partial charge < -0.3 is 10.1 Å². The Bertz CT molecular complexity index is 667. The lowest BCUT2D eigenvalue weighted by Gasteiger charge is -2.11. The van der Waals surface area contributed by atoms with Crippen molar-refractivity contribution in [2.24, 2.45) is 5.92 Å². The summed E-state index contributed by atoms with van der Waals surface area (Å²) >= 11 is 7.35. The van der Waals surface area contributed by atoms with Crippen LogP contribution in [0.2, 0.25) is 5.02 Å². The first kappa shape index (κ1) is 16.3. The maximum Gasteiger partial charge on any atom is 0.226 e. The number of benzene rings is 1. The largest absolute Gasteiger partial charge is 0.486 e. The monoisotopic (exact) mass is 350 g/mol. The van der Waals surface area contributed by atoms with Crippen LogP contribution in [-0.2, 0) is 17.8 Å². The SMILES string of the molecule is CC(NC(=O)Cc1csc(COc2ccc(Cl)cc2)n1)C1CC1. The van der Waals surface area contributed by atoms with Crippen LogP contribution < -0.4 is 10.1 Å². The minimum absolute atomic E-state index is 0.0415. The average molecular weight is 351 g/mol. The van der Waals surface area contributed by atoms with Crippen molar-refractivity contribution in [1.82, 2.24) is 10.3 Å². The predicted octanol–water partition coefficient (Wildman–Crippen LogP) is 3.83. The minimum Gasteiger partial charge on any atom is -0.486 e. The highest BCUT2D eigenvalue weighted by Crippen LogP contribution is 2.32. The highest BCUT2D eigenvalue weighted by atomic mass is 35.5. The number of thiazole rings is 1. The Hall–Kier alpha value is -1.59. The average Bonchev–Trinajstić information content (AvgIpc) is 3.28. The quantitative estimate of drug-likeness (QED) is 0.825. The number of ether oxygens (including phenoxy) is 1. The molecule has 1 heterocycles. The van der Waals surface area contributed by atoms with Gasteiger partial charge in [-0.1, -0.05) is 11.6 Å². The van der Waals surface area contributed by atoms with Crippen molar-refractivity contribution in [2.45, 2.75) is 38.8 Å². The van der Waals surface area contributed by atoms with Gasteiger partial charge in [-0.05, 0) is 49.9 Å². The van der Waals surface area contributed by atoms with E-state index >= 15 is 0 Å². The molecular formula is C17H19ClN2O2S. The van der Waals surface area contributed by atoms with Gasteiger partial charge >= 0.3 is 0 Å². The minimum atomic E-state index is 0.0415. The summed E-state index contributed by atoms with van der Waals surface area (Å²) in [5, 5.41) is 6.50. The van der Waals surface area contributed by atoms with Crippen LogP contribution in [0.5, 0.6) is 5.75 Å². The van der Waals surface area contributed by atoms with Gasteiger partial charge in [-0.25, -0.2) is 4.98 Å². The molecule has 1 aromatic heterocycles. The van der Waals surface area contributed by atoms with Gasteiger partial charge in [0.15, 0.2) is 0 Å². The first-order valence-corrected chi connectivity index (χ1v) is 8.97. The Morgan fingerprint density at radius 1 is 1.43 bits per heavy atom. The van der Waals surface area contributed by atoms with E-state index in [1.165, 1.54) is 24.2 Å². The molecule has 1 aliphatic carbocycles. The maximum atomic E-state index is 12.0. The van der Waals surface area contributed by atoms with E-state index in [0.717, 1.165) is 16.5 Å². The molecule has 1 aliphatic rings. The normalized spacial score (nSPS) is 15.2. The molecule has 1 fully saturated rings. The molecule has 0 bridgehead atoms. The van der Waals surface area contributed by atoms with Gasteiger partial charge in [-0.15, -0.1) is 11.3 Å². The van der Waals surface area contributed by atoms with Crippen molar-refractivity contribution in [1.29, 1.82) is 0 Å². The molecule has 4 nitrogen and oxygen atoms in total. The second-order valence-corrected chi connectivity index (χ2v) is 7.22. The lowest BCUT2D eigenvalue weighted by molar-refractivity contribution is -0.121. The molecule has 1 amide bonds. The number of hydrogen-bond acceptors (Lipinski definition) is 4. The number of nitrogens with zero attached hydrogens (tertiary/aromatic N) is 1. The molecule has 0 spiro atoms. The van der Waals surface area contributed by atoms with E-state index in [-0.39, 0.29) is 11.9 Å². The molecule has 1 saturated carbocycles. The number of carbonyl (C=O) groups is 1. The number of carbonyl (C=O) groups excluding carboxylic acids is 1. The fraction of sp³-hybridized carbons (Fsp3) is 0.412. The van der Waals surface area contributed by atoms with Gasteiger partial charge in [0.25, 0.3) is 0 Å². The van der Waals surface area contributed by atoms with E-state index < -0.39 is 0 Å². The van der Waals surface area contributed by atoms with Gasteiger partial charge in [0.1, 0.15) is 17.4 Å². The van der Waals surface area contributed by atoms with E-state index in [2.05, 4.69) is 17.2 Å². The molecular weight excluding hydrogens is 332 g/mol. The summed E-state index contributed by atoms with van der Waals surface area (Å²) in [4.78, 5) is 16.4. The molecule has 1 atom stereocenters. The Kier molecular flexibility index (Phi) is 5.18. The number of amides is 1. The lowest BCUT2D eigenvalue weighted by Crippen LogP contribution is -2.35. The lowest BCUT2D eigenvalue weighted by atomic mass is 10.2. The highest BCUT2D eigenvalue weighted by Gasteiger charge is 2.28. The van der Waals surface area contributed by atoms with Gasteiger partial charge in [0.2, 0.25) is 5.91 Å². The first-order valence-electron chi connectivity index (χ1n) is 7.71. The van der Waals surface area contributed by atoms with Crippen molar-refractivity contribution in [3.8, 4) is 5.75 Å². The van der Waals surface area contributed by atoms with Crippen LogP contribution in [0, 0.1) is 5.92 Å². The second kappa shape index (κ2) is 7.32. The summed E-state index contributed by atoms with van der Waals surface area (Å²) in [7, 11) is 0. The molecule has 1 unspecified atom stereocenters. The van der Waals surface area contributed by atoms with Crippen LogP contribution in [0.25, 0.3) is 0 Å². The number of hydrogen-bond donors (Lipinski definition) is 1. The summed E-state index contributed by atoms with van der Waals surface area (Å²) in [5.74, 6) is 1.46. The highest BCUT2D eigenvalue weighted by molar-refractivity contribution is 7.09. The second-order valence-electron chi connectivity index (χ2n) is 5.85. The topological polar surface area (TPSA) is 51.2 Å². The van der Waals surface area contributed by atoms with E-state index in [1.807, 2.05) is 17.5 Å². The Labute approximate surface area is 144 Å². The fourth-order valence-electron chi connectivity index (χ4n) is 2.36. The van der Waals surface area contributed by atoms with Gasteiger partial charge in [-0.3, -0.25) is 4.79 Å². The van der Waals surface area contributed by atoms with Gasteiger partial charge in [-0.2, -0.15) is 0 Å². The third-order valence-corrected chi connectivity index (χ3v) is 4.96. The van der Waals surface area contributed by atoms with Crippen LogP contribution in [0.15, 0.2) is 29.6 Å². The first-order chi connectivity index (χ1) is 11.1.